The van der Waals surface area contributed by atoms with E-state index in [1.165, 1.54) is 6.07 Å². The van der Waals surface area contributed by atoms with Crippen LogP contribution in [0.3, 0.4) is 0 Å². The third-order valence-electron chi connectivity index (χ3n) is 4.62. The smallest absolute Gasteiger partial charge is 0.238 e. The summed E-state index contributed by atoms with van der Waals surface area (Å²) in [6, 6.07) is 5.03. The van der Waals surface area contributed by atoms with Gasteiger partial charge in [0.15, 0.2) is 0 Å². The molecule has 0 saturated heterocycles. The van der Waals surface area contributed by atoms with E-state index in [0.29, 0.717) is 22.6 Å². The number of fused-ring (bicyclic) bond motifs is 2. The van der Waals surface area contributed by atoms with Gasteiger partial charge < -0.3 is 15.4 Å². The number of pyridine rings is 2. The molecule has 25 heavy (non-hydrogen) atoms. The first kappa shape index (κ1) is 15.6. The lowest BCUT2D eigenvalue weighted by Crippen LogP contribution is -2.36. The number of nitrogens with zero attached hydrogens (tertiary/aromatic N) is 3. The van der Waals surface area contributed by atoms with Gasteiger partial charge in [-0.2, -0.15) is 0 Å². The van der Waals surface area contributed by atoms with Crippen LogP contribution in [0.2, 0.25) is 0 Å². The van der Waals surface area contributed by atoms with Gasteiger partial charge >= 0.3 is 0 Å². The summed E-state index contributed by atoms with van der Waals surface area (Å²) >= 11 is 0. The molecule has 3 aromatic rings. The summed E-state index contributed by atoms with van der Waals surface area (Å²) in [7, 11) is 2.00. The number of likely N-dealkylation sites (N-methyl/N-ethyl adjacent to an activating group) is 1. The standard InChI is InChI=1S/C19H19FN4O/c1-10-9-24(3)18-11(2)15(8-23-19(18)25-10)14-4-12-6-17(21)22-7-13(12)5-16(14)20/h4-8,10H,9H2,1-3H3,(H2,21,22). The second kappa shape index (κ2) is 5.58. The Morgan fingerprint density at radius 2 is 1.96 bits per heavy atom. The Hall–Kier alpha value is -2.89. The number of aromatic nitrogens is 2. The lowest BCUT2D eigenvalue weighted by Gasteiger charge is -2.33. The molecule has 0 bridgehead atoms. The third kappa shape index (κ3) is 2.54. The number of rotatable bonds is 1. The number of hydrogen-bond donors (Lipinski definition) is 1. The first-order valence-corrected chi connectivity index (χ1v) is 8.16. The average molecular weight is 338 g/mol. The van der Waals surface area contributed by atoms with Crippen LogP contribution in [0.1, 0.15) is 12.5 Å². The summed E-state index contributed by atoms with van der Waals surface area (Å²) in [5.74, 6) is 0.696. The fourth-order valence-electron chi connectivity index (χ4n) is 3.47. The molecule has 0 amide bonds. The van der Waals surface area contributed by atoms with Crippen molar-refractivity contribution < 1.29 is 9.13 Å². The molecule has 1 aliphatic heterocycles. The molecular formula is C19H19FN4O. The Morgan fingerprint density at radius 1 is 1.16 bits per heavy atom. The van der Waals surface area contributed by atoms with Gasteiger partial charge in [-0.3, -0.25) is 0 Å². The molecule has 1 aliphatic rings. The molecule has 2 aromatic heterocycles. The van der Waals surface area contributed by atoms with E-state index in [4.69, 9.17) is 10.5 Å². The highest BCUT2D eigenvalue weighted by molar-refractivity contribution is 5.90. The van der Waals surface area contributed by atoms with Crippen LogP contribution in [0, 0.1) is 12.7 Å². The zero-order valence-corrected chi connectivity index (χ0v) is 14.4. The predicted octanol–water partition coefficient (Wildman–Crippen LogP) is 3.54. The lowest BCUT2D eigenvalue weighted by atomic mass is 9.97. The number of benzene rings is 1. The van der Waals surface area contributed by atoms with Gasteiger partial charge in [-0.05, 0) is 43.0 Å². The Morgan fingerprint density at radius 3 is 2.76 bits per heavy atom. The number of halogens is 1. The zero-order chi connectivity index (χ0) is 17.7. The van der Waals surface area contributed by atoms with E-state index >= 15 is 0 Å². The van der Waals surface area contributed by atoms with Crippen LogP contribution >= 0.6 is 0 Å². The minimum atomic E-state index is -0.309. The second-order valence-electron chi connectivity index (χ2n) is 6.55. The minimum absolute atomic E-state index is 0.0723. The molecule has 1 aromatic carbocycles. The minimum Gasteiger partial charge on any atom is -0.471 e. The summed E-state index contributed by atoms with van der Waals surface area (Å²) in [4.78, 5) is 10.6. The van der Waals surface area contributed by atoms with Gasteiger partial charge in [0.2, 0.25) is 5.88 Å². The van der Waals surface area contributed by atoms with Gasteiger partial charge in [-0.1, -0.05) is 0 Å². The number of anilines is 2. The molecule has 6 heteroatoms. The molecule has 0 aliphatic carbocycles. The van der Waals surface area contributed by atoms with E-state index in [1.54, 1.807) is 24.5 Å². The van der Waals surface area contributed by atoms with Gasteiger partial charge in [0.05, 0.1) is 6.54 Å². The monoisotopic (exact) mass is 338 g/mol. The van der Waals surface area contributed by atoms with E-state index < -0.39 is 0 Å². The maximum Gasteiger partial charge on any atom is 0.238 e. The zero-order valence-electron chi connectivity index (χ0n) is 14.4. The summed E-state index contributed by atoms with van der Waals surface area (Å²) in [5.41, 5.74) is 8.86. The number of ether oxygens (including phenoxy) is 1. The van der Waals surface area contributed by atoms with Crippen LogP contribution in [0.4, 0.5) is 15.9 Å². The summed E-state index contributed by atoms with van der Waals surface area (Å²) in [6.45, 7) is 4.74. The molecule has 3 heterocycles. The fourth-order valence-corrected chi connectivity index (χ4v) is 3.47. The average Bonchev–Trinajstić information content (AvgIpc) is 2.54. The fraction of sp³-hybridized carbons (Fsp3) is 0.263. The quantitative estimate of drug-likeness (QED) is 0.735. The first-order chi connectivity index (χ1) is 11.9. The van der Waals surface area contributed by atoms with Crippen LogP contribution in [-0.4, -0.2) is 29.7 Å². The molecule has 5 nitrogen and oxygen atoms in total. The number of nitrogens with two attached hydrogens (primary N) is 1. The van der Waals surface area contributed by atoms with Crippen molar-refractivity contribution in [2.45, 2.75) is 20.0 Å². The van der Waals surface area contributed by atoms with E-state index in [9.17, 15) is 4.39 Å². The van der Waals surface area contributed by atoms with E-state index in [1.807, 2.05) is 20.9 Å². The maximum absolute atomic E-state index is 14.7. The summed E-state index contributed by atoms with van der Waals surface area (Å²) in [6.07, 6.45) is 3.33. The number of hydrogen-bond acceptors (Lipinski definition) is 5. The highest BCUT2D eigenvalue weighted by Crippen LogP contribution is 2.40. The maximum atomic E-state index is 14.7. The van der Waals surface area contributed by atoms with Gasteiger partial charge in [0.1, 0.15) is 23.4 Å². The predicted molar refractivity (Wildman–Crippen MR) is 97.4 cm³/mol. The largest absolute Gasteiger partial charge is 0.471 e. The van der Waals surface area contributed by atoms with E-state index in [-0.39, 0.29) is 11.9 Å². The molecule has 0 fully saturated rings. The SMILES string of the molecule is Cc1c(-c2cc3cc(N)ncc3cc2F)cnc2c1N(C)CC(C)O2. The molecular weight excluding hydrogens is 319 g/mol. The highest BCUT2D eigenvalue weighted by Gasteiger charge is 2.25. The normalized spacial score (nSPS) is 16.6. The molecule has 1 unspecified atom stereocenters. The Kier molecular flexibility index (Phi) is 3.49. The Balaban J connectivity index is 1.92. The molecule has 4 rings (SSSR count). The summed E-state index contributed by atoms with van der Waals surface area (Å²) in [5, 5.41) is 1.56. The first-order valence-electron chi connectivity index (χ1n) is 8.16. The van der Waals surface area contributed by atoms with Crippen molar-refractivity contribution in [2.75, 3.05) is 24.2 Å². The lowest BCUT2D eigenvalue weighted by molar-refractivity contribution is 0.206. The number of nitrogen functional groups attached to an aromatic ring is 1. The Bertz CT molecular complexity index is 989. The van der Waals surface area contributed by atoms with Crippen molar-refractivity contribution in [1.29, 1.82) is 0 Å². The topological polar surface area (TPSA) is 64.3 Å². The van der Waals surface area contributed by atoms with Crippen molar-refractivity contribution in [3.63, 3.8) is 0 Å². The van der Waals surface area contributed by atoms with Gasteiger partial charge in [0, 0.05) is 36.0 Å². The Labute approximate surface area is 145 Å². The van der Waals surface area contributed by atoms with E-state index in [2.05, 4.69) is 14.9 Å². The molecule has 2 N–H and O–H groups in total. The van der Waals surface area contributed by atoms with Crippen LogP contribution < -0.4 is 15.4 Å². The molecule has 0 radical (unpaired) electrons. The van der Waals surface area contributed by atoms with Gasteiger partial charge in [0.25, 0.3) is 0 Å². The van der Waals surface area contributed by atoms with Crippen molar-refractivity contribution >= 4 is 22.3 Å². The van der Waals surface area contributed by atoms with Crippen LogP contribution in [-0.2, 0) is 0 Å². The van der Waals surface area contributed by atoms with Crippen LogP contribution in [0.25, 0.3) is 21.9 Å². The molecule has 0 spiro atoms. The van der Waals surface area contributed by atoms with Crippen LogP contribution in [0.5, 0.6) is 5.88 Å². The van der Waals surface area contributed by atoms with Crippen molar-refractivity contribution in [2.24, 2.45) is 0 Å². The van der Waals surface area contributed by atoms with Gasteiger partial charge in [-0.15, -0.1) is 0 Å². The molecule has 128 valence electrons. The van der Waals surface area contributed by atoms with E-state index in [0.717, 1.165) is 28.7 Å². The van der Waals surface area contributed by atoms with Gasteiger partial charge in [-0.25, -0.2) is 14.4 Å². The van der Waals surface area contributed by atoms with Crippen molar-refractivity contribution in [3.8, 4) is 17.0 Å². The summed E-state index contributed by atoms with van der Waals surface area (Å²) < 4.78 is 20.6. The van der Waals surface area contributed by atoms with Crippen molar-refractivity contribution in [3.05, 3.63) is 42.0 Å². The van der Waals surface area contributed by atoms with Crippen LogP contribution in [0.15, 0.2) is 30.6 Å². The second-order valence-corrected chi connectivity index (χ2v) is 6.55. The van der Waals surface area contributed by atoms with Crippen molar-refractivity contribution in [1.82, 2.24) is 9.97 Å². The highest BCUT2D eigenvalue weighted by atomic mass is 19.1. The molecule has 0 saturated carbocycles. The third-order valence-corrected chi connectivity index (χ3v) is 4.62. The molecule has 1 atom stereocenters.